The third-order valence-corrected chi connectivity index (χ3v) is 2.05. The Morgan fingerprint density at radius 1 is 1.41 bits per heavy atom. The van der Waals surface area contributed by atoms with E-state index in [0.29, 0.717) is 0 Å². The minimum absolute atomic E-state index is 0.0414. The van der Waals surface area contributed by atoms with Gasteiger partial charge in [-0.25, -0.2) is 0 Å². The molecule has 7 nitrogen and oxygen atoms in total. The van der Waals surface area contributed by atoms with E-state index in [0.717, 1.165) is 0 Å². The zero-order valence-corrected chi connectivity index (χ0v) is 9.99. The Hall–Kier alpha value is -1.70. The van der Waals surface area contributed by atoms with E-state index in [-0.39, 0.29) is 31.0 Å². The topological polar surface area (TPSA) is 102 Å². The first kappa shape index (κ1) is 13.4. The number of carbonyl (C=O) groups is 2. The predicted octanol–water partition coefficient (Wildman–Crippen LogP) is -0.269. The van der Waals surface area contributed by atoms with Gasteiger partial charge in [-0.2, -0.15) is 0 Å². The van der Waals surface area contributed by atoms with Crippen LogP contribution in [0.4, 0.5) is 0 Å². The van der Waals surface area contributed by atoms with E-state index in [1.807, 2.05) is 0 Å². The summed E-state index contributed by atoms with van der Waals surface area (Å²) < 4.78 is 4.70. The molecule has 0 saturated carbocycles. The predicted molar refractivity (Wildman–Crippen MR) is 60.9 cm³/mol. The van der Waals surface area contributed by atoms with E-state index < -0.39 is 16.6 Å². The summed E-state index contributed by atoms with van der Waals surface area (Å²) in [6, 6.07) is 0. The van der Waals surface area contributed by atoms with Gasteiger partial charge in [0.2, 0.25) is 5.82 Å². The standard InChI is InChI=1S/C9H11N3O4S/c1-2-16-6(13)4-3-5-8(14)10-7(9(15)17)12-11-5/h2-4H2,1H3,(H,15,17)(H,10,12,14). The highest BCUT2D eigenvalue weighted by Gasteiger charge is 2.10. The molecule has 0 bridgehead atoms. The molecule has 17 heavy (non-hydrogen) atoms. The van der Waals surface area contributed by atoms with E-state index >= 15 is 0 Å². The van der Waals surface area contributed by atoms with Crippen LogP contribution in [0.25, 0.3) is 0 Å². The Morgan fingerprint density at radius 2 is 2.12 bits per heavy atom. The number of hydrogen-bond acceptors (Lipinski definition) is 6. The average Bonchev–Trinajstić information content (AvgIpc) is 2.27. The van der Waals surface area contributed by atoms with Gasteiger partial charge in [-0.1, -0.05) is 12.6 Å². The summed E-state index contributed by atoms with van der Waals surface area (Å²) in [6.45, 7) is 1.98. The molecule has 0 unspecified atom stereocenters. The summed E-state index contributed by atoms with van der Waals surface area (Å²) in [5, 5.41) is 6.37. The second kappa shape index (κ2) is 6.14. The molecule has 0 aliphatic rings. The number of aromatic amines is 1. The smallest absolute Gasteiger partial charge is 0.306 e. The summed E-state index contributed by atoms with van der Waals surface area (Å²) in [5.74, 6) is -0.638. The SMILES string of the molecule is CCOC(=O)CCc1nnc(C(=O)S)[nH]c1=O. The number of rotatable bonds is 5. The number of thiol groups is 1. The van der Waals surface area contributed by atoms with Gasteiger partial charge in [0, 0.05) is 6.42 Å². The third kappa shape index (κ3) is 3.99. The monoisotopic (exact) mass is 257 g/mol. The summed E-state index contributed by atoms with van der Waals surface area (Å²) in [7, 11) is 0. The van der Waals surface area contributed by atoms with Gasteiger partial charge < -0.3 is 9.72 Å². The van der Waals surface area contributed by atoms with Crippen LogP contribution in [0.1, 0.15) is 29.7 Å². The Kier molecular flexibility index (Phi) is 4.83. The molecule has 92 valence electrons. The van der Waals surface area contributed by atoms with Crippen LogP contribution in [-0.2, 0) is 16.0 Å². The van der Waals surface area contributed by atoms with Crippen molar-refractivity contribution in [3.05, 3.63) is 21.9 Å². The molecule has 1 heterocycles. The van der Waals surface area contributed by atoms with Gasteiger partial charge in [0.25, 0.3) is 10.7 Å². The van der Waals surface area contributed by atoms with Crippen molar-refractivity contribution in [2.75, 3.05) is 6.61 Å². The molecular weight excluding hydrogens is 246 g/mol. The molecule has 0 spiro atoms. The van der Waals surface area contributed by atoms with Gasteiger partial charge in [0.1, 0.15) is 5.69 Å². The highest BCUT2D eigenvalue weighted by Crippen LogP contribution is 1.96. The van der Waals surface area contributed by atoms with Gasteiger partial charge in [0.05, 0.1) is 13.0 Å². The molecule has 0 aliphatic carbocycles. The van der Waals surface area contributed by atoms with Crippen molar-refractivity contribution in [3.8, 4) is 0 Å². The summed E-state index contributed by atoms with van der Waals surface area (Å²) in [5.41, 5.74) is -0.474. The van der Waals surface area contributed by atoms with Gasteiger partial charge in [0.15, 0.2) is 0 Å². The number of esters is 1. The van der Waals surface area contributed by atoms with Crippen molar-refractivity contribution in [3.63, 3.8) is 0 Å². The first-order valence-electron chi connectivity index (χ1n) is 4.89. The average molecular weight is 257 g/mol. The molecular formula is C9H11N3O4S. The highest BCUT2D eigenvalue weighted by atomic mass is 32.1. The highest BCUT2D eigenvalue weighted by molar-refractivity contribution is 7.97. The molecule has 1 N–H and O–H groups in total. The zero-order chi connectivity index (χ0) is 12.8. The fourth-order valence-electron chi connectivity index (χ4n) is 1.07. The minimum Gasteiger partial charge on any atom is -0.466 e. The van der Waals surface area contributed by atoms with Crippen LogP contribution >= 0.6 is 12.6 Å². The number of hydrogen-bond donors (Lipinski definition) is 2. The second-order valence-corrected chi connectivity index (χ2v) is 3.47. The van der Waals surface area contributed by atoms with E-state index in [1.54, 1.807) is 6.92 Å². The van der Waals surface area contributed by atoms with Crippen molar-refractivity contribution in [1.29, 1.82) is 0 Å². The molecule has 0 aromatic carbocycles. The minimum atomic E-state index is -0.674. The van der Waals surface area contributed by atoms with Crippen LogP contribution in [-0.4, -0.2) is 32.9 Å². The number of carbonyl (C=O) groups excluding carboxylic acids is 2. The summed E-state index contributed by atoms with van der Waals surface area (Å²) >= 11 is 3.50. The van der Waals surface area contributed by atoms with Gasteiger partial charge in [-0.3, -0.25) is 14.4 Å². The molecule has 8 heteroatoms. The van der Waals surface area contributed by atoms with Crippen LogP contribution in [0.2, 0.25) is 0 Å². The Labute approximate surface area is 102 Å². The Balaban J connectivity index is 2.70. The molecule has 0 saturated heterocycles. The molecule has 1 aromatic heterocycles. The maximum Gasteiger partial charge on any atom is 0.306 e. The molecule has 0 radical (unpaired) electrons. The molecule has 0 fully saturated rings. The first-order valence-corrected chi connectivity index (χ1v) is 5.34. The quantitative estimate of drug-likeness (QED) is 0.556. The van der Waals surface area contributed by atoms with Crippen molar-refractivity contribution < 1.29 is 14.3 Å². The Bertz CT molecular complexity index is 485. The molecule has 1 rings (SSSR count). The van der Waals surface area contributed by atoms with Crippen LogP contribution in [0.3, 0.4) is 0 Å². The largest absolute Gasteiger partial charge is 0.466 e. The lowest BCUT2D eigenvalue weighted by Gasteiger charge is -2.00. The van der Waals surface area contributed by atoms with Crippen LogP contribution in [0.5, 0.6) is 0 Å². The fraction of sp³-hybridized carbons (Fsp3) is 0.444. The van der Waals surface area contributed by atoms with Crippen LogP contribution in [0.15, 0.2) is 4.79 Å². The lowest BCUT2D eigenvalue weighted by Crippen LogP contribution is -2.21. The van der Waals surface area contributed by atoms with E-state index in [1.165, 1.54) is 0 Å². The molecule has 0 amide bonds. The van der Waals surface area contributed by atoms with Crippen LogP contribution in [0, 0.1) is 0 Å². The van der Waals surface area contributed by atoms with Crippen molar-refractivity contribution in [1.82, 2.24) is 15.2 Å². The maximum absolute atomic E-state index is 11.4. The fourth-order valence-corrected chi connectivity index (χ4v) is 1.17. The number of aromatic nitrogens is 3. The van der Waals surface area contributed by atoms with Crippen molar-refractivity contribution >= 4 is 23.7 Å². The van der Waals surface area contributed by atoms with Crippen molar-refractivity contribution in [2.24, 2.45) is 0 Å². The number of ether oxygens (including phenoxy) is 1. The lowest BCUT2D eigenvalue weighted by atomic mass is 10.2. The number of H-pyrrole nitrogens is 1. The van der Waals surface area contributed by atoms with Crippen molar-refractivity contribution in [2.45, 2.75) is 19.8 Å². The number of nitrogens with zero attached hydrogens (tertiary/aromatic N) is 2. The molecule has 0 aliphatic heterocycles. The zero-order valence-electron chi connectivity index (χ0n) is 9.10. The Morgan fingerprint density at radius 3 is 2.65 bits per heavy atom. The number of aryl methyl sites for hydroxylation is 1. The summed E-state index contributed by atoms with van der Waals surface area (Å²) in [4.78, 5) is 35.5. The van der Waals surface area contributed by atoms with Gasteiger partial charge in [-0.15, -0.1) is 10.2 Å². The lowest BCUT2D eigenvalue weighted by molar-refractivity contribution is -0.143. The second-order valence-electron chi connectivity index (χ2n) is 3.06. The van der Waals surface area contributed by atoms with Gasteiger partial charge in [-0.05, 0) is 6.92 Å². The van der Waals surface area contributed by atoms with E-state index in [2.05, 4.69) is 27.8 Å². The molecule has 0 atom stereocenters. The third-order valence-electron chi connectivity index (χ3n) is 1.84. The molecule has 1 aromatic rings. The van der Waals surface area contributed by atoms with Crippen LogP contribution < -0.4 is 5.56 Å². The maximum atomic E-state index is 11.4. The summed E-state index contributed by atoms with van der Waals surface area (Å²) in [6.07, 6.45) is 0.155. The normalized spacial score (nSPS) is 10.0. The number of nitrogens with one attached hydrogen (secondary N) is 1. The van der Waals surface area contributed by atoms with E-state index in [4.69, 9.17) is 4.74 Å². The van der Waals surface area contributed by atoms with E-state index in [9.17, 15) is 14.4 Å². The first-order chi connectivity index (χ1) is 8.04. The van der Waals surface area contributed by atoms with Gasteiger partial charge >= 0.3 is 5.97 Å².